The molecular weight excluding hydrogens is 269 g/mol. The van der Waals surface area contributed by atoms with Crippen LogP contribution in [0.1, 0.15) is 18.1 Å². The standard InChI is InChI=1S/C15H13F3O2/c1-15(19,9-5-10(16)7-11(17)6-9)13-4-3-12(20-2)8-14(13)18/h3-8,19H,1-2H3. The van der Waals surface area contributed by atoms with E-state index in [0.717, 1.165) is 18.2 Å². The third kappa shape index (κ3) is 2.63. The van der Waals surface area contributed by atoms with Gasteiger partial charge in [-0.3, -0.25) is 0 Å². The largest absolute Gasteiger partial charge is 0.497 e. The van der Waals surface area contributed by atoms with Gasteiger partial charge in [0, 0.05) is 17.7 Å². The molecule has 106 valence electrons. The van der Waals surface area contributed by atoms with E-state index in [1.165, 1.54) is 26.2 Å². The Morgan fingerprint density at radius 1 is 1.00 bits per heavy atom. The summed E-state index contributed by atoms with van der Waals surface area (Å²) in [6.45, 7) is 1.27. The quantitative estimate of drug-likeness (QED) is 0.935. The van der Waals surface area contributed by atoms with E-state index in [0.29, 0.717) is 6.07 Å². The van der Waals surface area contributed by atoms with Gasteiger partial charge in [-0.05, 0) is 36.8 Å². The number of hydrogen-bond acceptors (Lipinski definition) is 2. The number of ether oxygens (including phenoxy) is 1. The van der Waals surface area contributed by atoms with Crippen LogP contribution in [0.2, 0.25) is 0 Å². The average Bonchev–Trinajstić information content (AvgIpc) is 2.37. The van der Waals surface area contributed by atoms with E-state index in [-0.39, 0.29) is 16.9 Å². The highest BCUT2D eigenvalue weighted by Crippen LogP contribution is 2.33. The Bertz CT molecular complexity index is 619. The van der Waals surface area contributed by atoms with Crippen LogP contribution in [0, 0.1) is 17.5 Å². The molecule has 0 amide bonds. The van der Waals surface area contributed by atoms with Gasteiger partial charge in [0.2, 0.25) is 0 Å². The lowest BCUT2D eigenvalue weighted by atomic mass is 9.87. The number of aliphatic hydroxyl groups is 1. The number of halogens is 3. The molecule has 20 heavy (non-hydrogen) atoms. The van der Waals surface area contributed by atoms with Gasteiger partial charge >= 0.3 is 0 Å². The Balaban J connectivity index is 2.53. The Labute approximate surface area is 114 Å². The maximum atomic E-state index is 14.0. The van der Waals surface area contributed by atoms with Crippen molar-refractivity contribution in [3.05, 3.63) is 65.0 Å². The average molecular weight is 282 g/mol. The van der Waals surface area contributed by atoms with Crippen LogP contribution in [0.15, 0.2) is 36.4 Å². The molecule has 0 saturated heterocycles. The van der Waals surface area contributed by atoms with Crippen molar-refractivity contribution < 1.29 is 23.0 Å². The first kappa shape index (κ1) is 14.4. The van der Waals surface area contributed by atoms with Gasteiger partial charge in [-0.15, -0.1) is 0 Å². The van der Waals surface area contributed by atoms with Gasteiger partial charge in [-0.25, -0.2) is 13.2 Å². The van der Waals surface area contributed by atoms with Crippen molar-refractivity contribution >= 4 is 0 Å². The van der Waals surface area contributed by atoms with Crippen molar-refractivity contribution in [2.24, 2.45) is 0 Å². The molecule has 0 spiro atoms. The first-order valence-corrected chi connectivity index (χ1v) is 5.87. The highest BCUT2D eigenvalue weighted by molar-refractivity contribution is 5.39. The van der Waals surface area contributed by atoms with Crippen LogP contribution in [-0.2, 0) is 5.60 Å². The zero-order valence-electron chi connectivity index (χ0n) is 11.0. The smallest absolute Gasteiger partial charge is 0.133 e. The predicted molar refractivity (Wildman–Crippen MR) is 68.0 cm³/mol. The van der Waals surface area contributed by atoms with E-state index in [9.17, 15) is 18.3 Å². The molecule has 0 heterocycles. The number of hydrogen-bond donors (Lipinski definition) is 1. The van der Waals surface area contributed by atoms with Crippen LogP contribution in [-0.4, -0.2) is 12.2 Å². The summed E-state index contributed by atoms with van der Waals surface area (Å²) in [5.41, 5.74) is -2.03. The minimum atomic E-state index is -1.86. The summed E-state index contributed by atoms with van der Waals surface area (Å²) in [6.07, 6.45) is 0. The van der Waals surface area contributed by atoms with Crippen molar-refractivity contribution in [2.75, 3.05) is 7.11 Å². The summed E-state index contributed by atoms with van der Waals surface area (Å²) in [6, 6.07) is 6.49. The van der Waals surface area contributed by atoms with Crippen molar-refractivity contribution in [3.8, 4) is 5.75 Å². The number of rotatable bonds is 3. The lowest BCUT2D eigenvalue weighted by molar-refractivity contribution is 0.0970. The van der Waals surface area contributed by atoms with Gasteiger partial charge < -0.3 is 9.84 Å². The second-order valence-corrected chi connectivity index (χ2v) is 4.58. The minimum Gasteiger partial charge on any atom is -0.497 e. The Kier molecular flexibility index (Phi) is 3.72. The molecule has 1 unspecified atom stereocenters. The molecule has 0 aliphatic rings. The van der Waals surface area contributed by atoms with E-state index in [4.69, 9.17) is 4.74 Å². The fourth-order valence-corrected chi connectivity index (χ4v) is 2.01. The molecule has 1 atom stereocenters. The van der Waals surface area contributed by atoms with Gasteiger partial charge in [-0.2, -0.15) is 0 Å². The highest BCUT2D eigenvalue weighted by Gasteiger charge is 2.30. The maximum Gasteiger partial charge on any atom is 0.133 e. The van der Waals surface area contributed by atoms with Crippen LogP contribution in [0.4, 0.5) is 13.2 Å². The number of benzene rings is 2. The summed E-state index contributed by atoms with van der Waals surface area (Å²) in [5, 5.41) is 10.4. The van der Waals surface area contributed by atoms with Crippen molar-refractivity contribution in [2.45, 2.75) is 12.5 Å². The van der Waals surface area contributed by atoms with E-state index >= 15 is 0 Å². The van der Waals surface area contributed by atoms with E-state index in [1.807, 2.05) is 0 Å². The van der Waals surface area contributed by atoms with Crippen LogP contribution >= 0.6 is 0 Å². The molecule has 2 nitrogen and oxygen atoms in total. The van der Waals surface area contributed by atoms with Crippen LogP contribution in [0.25, 0.3) is 0 Å². The Hall–Kier alpha value is -2.01. The number of methoxy groups -OCH3 is 1. The van der Waals surface area contributed by atoms with Crippen molar-refractivity contribution in [1.29, 1.82) is 0 Å². The third-order valence-electron chi connectivity index (χ3n) is 3.13. The second-order valence-electron chi connectivity index (χ2n) is 4.58. The van der Waals surface area contributed by atoms with Gasteiger partial charge in [-0.1, -0.05) is 0 Å². The second kappa shape index (κ2) is 5.17. The molecule has 0 saturated carbocycles. The van der Waals surface area contributed by atoms with Gasteiger partial charge in [0.15, 0.2) is 0 Å². The molecule has 2 aromatic carbocycles. The predicted octanol–water partition coefficient (Wildman–Crippen LogP) is 3.37. The molecule has 5 heteroatoms. The van der Waals surface area contributed by atoms with E-state index in [2.05, 4.69) is 0 Å². The Morgan fingerprint density at radius 2 is 1.60 bits per heavy atom. The highest BCUT2D eigenvalue weighted by atomic mass is 19.1. The summed E-state index contributed by atoms with van der Waals surface area (Å²) >= 11 is 0. The van der Waals surface area contributed by atoms with Gasteiger partial charge in [0.1, 0.15) is 28.8 Å². The lowest BCUT2D eigenvalue weighted by Gasteiger charge is -2.25. The van der Waals surface area contributed by atoms with E-state index < -0.39 is 23.1 Å². The molecular formula is C15H13F3O2. The van der Waals surface area contributed by atoms with Gasteiger partial charge in [0.25, 0.3) is 0 Å². The molecule has 0 aliphatic heterocycles. The van der Waals surface area contributed by atoms with Crippen LogP contribution < -0.4 is 4.74 Å². The molecule has 1 N–H and O–H groups in total. The van der Waals surface area contributed by atoms with Crippen LogP contribution in [0.5, 0.6) is 5.75 Å². The SMILES string of the molecule is COc1ccc(C(C)(O)c2cc(F)cc(F)c2)c(F)c1. The topological polar surface area (TPSA) is 29.5 Å². The summed E-state index contributed by atoms with van der Waals surface area (Å²) in [5.74, 6) is -2.12. The van der Waals surface area contributed by atoms with Crippen molar-refractivity contribution in [3.63, 3.8) is 0 Å². The first-order chi connectivity index (χ1) is 9.34. The molecule has 0 aliphatic carbocycles. The monoisotopic (exact) mass is 282 g/mol. The normalized spacial score (nSPS) is 13.9. The van der Waals surface area contributed by atoms with Gasteiger partial charge in [0.05, 0.1) is 7.11 Å². The van der Waals surface area contributed by atoms with Crippen LogP contribution in [0.3, 0.4) is 0 Å². The minimum absolute atomic E-state index is 0.0703. The summed E-state index contributed by atoms with van der Waals surface area (Å²) in [7, 11) is 1.38. The molecule has 2 rings (SSSR count). The summed E-state index contributed by atoms with van der Waals surface area (Å²) < 4.78 is 45.3. The molecule has 0 radical (unpaired) electrons. The fourth-order valence-electron chi connectivity index (χ4n) is 2.01. The Morgan fingerprint density at radius 3 is 2.10 bits per heavy atom. The molecule has 0 aromatic heterocycles. The third-order valence-corrected chi connectivity index (χ3v) is 3.13. The zero-order chi connectivity index (χ0) is 14.9. The molecule has 0 fully saturated rings. The lowest BCUT2D eigenvalue weighted by Crippen LogP contribution is -2.24. The maximum absolute atomic E-state index is 14.0. The van der Waals surface area contributed by atoms with E-state index in [1.54, 1.807) is 0 Å². The summed E-state index contributed by atoms with van der Waals surface area (Å²) in [4.78, 5) is 0. The molecule has 0 bridgehead atoms. The van der Waals surface area contributed by atoms with Crippen molar-refractivity contribution in [1.82, 2.24) is 0 Å². The molecule has 2 aromatic rings. The fraction of sp³-hybridized carbons (Fsp3) is 0.200. The first-order valence-electron chi connectivity index (χ1n) is 5.87. The zero-order valence-corrected chi connectivity index (χ0v) is 11.0.